The van der Waals surface area contributed by atoms with Crippen molar-refractivity contribution in [2.75, 3.05) is 0 Å². The molecule has 0 spiro atoms. The molecular formula is C21H18N4O3S. The molecule has 0 amide bonds. The van der Waals surface area contributed by atoms with E-state index in [1.54, 1.807) is 37.5 Å². The van der Waals surface area contributed by atoms with Crippen molar-refractivity contribution in [1.82, 2.24) is 4.98 Å². The van der Waals surface area contributed by atoms with Gasteiger partial charge in [0.05, 0.1) is 22.5 Å². The molecule has 0 saturated carbocycles. The zero-order valence-electron chi connectivity index (χ0n) is 15.9. The number of nitriles is 1. The number of hydrogen-bond donors (Lipinski definition) is 0. The maximum atomic E-state index is 12.3. The molecule has 0 fully saturated rings. The smallest absolute Gasteiger partial charge is 0.269 e. The predicted octanol–water partition coefficient (Wildman–Crippen LogP) is 4.42. The van der Waals surface area contributed by atoms with Crippen molar-refractivity contribution in [2.45, 2.75) is 25.5 Å². The number of ketones is 1. The third-order valence-corrected chi connectivity index (χ3v) is 5.76. The largest absolute Gasteiger partial charge is 0.299 e. The summed E-state index contributed by atoms with van der Waals surface area (Å²) in [6.07, 6.45) is 3.31. The van der Waals surface area contributed by atoms with Crippen LogP contribution < -0.4 is 0 Å². The van der Waals surface area contributed by atoms with Gasteiger partial charge in [0.25, 0.3) is 5.69 Å². The van der Waals surface area contributed by atoms with Crippen LogP contribution in [-0.2, 0) is 10.5 Å². The first-order valence-corrected chi connectivity index (χ1v) is 9.87. The fourth-order valence-electron chi connectivity index (χ4n) is 3.42. The van der Waals surface area contributed by atoms with E-state index in [4.69, 9.17) is 0 Å². The lowest BCUT2D eigenvalue weighted by molar-refractivity contribution is -0.384. The van der Waals surface area contributed by atoms with Crippen LogP contribution in [0.3, 0.4) is 0 Å². The second-order valence-electron chi connectivity index (χ2n) is 6.65. The fraction of sp³-hybridized carbons (Fsp3) is 0.238. The molecule has 1 aliphatic rings. The highest BCUT2D eigenvalue weighted by molar-refractivity contribution is 8.02. The van der Waals surface area contributed by atoms with Crippen LogP contribution >= 0.6 is 11.8 Å². The predicted molar refractivity (Wildman–Crippen MR) is 111 cm³/mol. The Morgan fingerprint density at radius 2 is 2.14 bits per heavy atom. The Morgan fingerprint density at radius 3 is 2.76 bits per heavy atom. The van der Waals surface area contributed by atoms with Crippen molar-refractivity contribution >= 4 is 28.9 Å². The van der Waals surface area contributed by atoms with Gasteiger partial charge in [0.15, 0.2) is 0 Å². The van der Waals surface area contributed by atoms with Crippen molar-refractivity contribution in [3.8, 4) is 6.07 Å². The standard InChI is InChI=1S/C21H18N4O3S/c1-13-19(14(2)26)20(16-6-4-8-23-11-16)18(10-22)21(24-13)29-12-15-5-3-7-17(9-15)25(27)28/h3-9,11,19-20H,12H2,1-2H3/t19?,20-/m1/s1. The van der Waals surface area contributed by atoms with E-state index in [0.717, 1.165) is 11.1 Å². The van der Waals surface area contributed by atoms with Crippen molar-refractivity contribution in [3.63, 3.8) is 0 Å². The second-order valence-corrected chi connectivity index (χ2v) is 7.62. The first kappa shape index (κ1) is 20.4. The minimum Gasteiger partial charge on any atom is -0.299 e. The summed E-state index contributed by atoms with van der Waals surface area (Å²) in [4.78, 5) is 31.6. The number of carbonyl (C=O) groups excluding carboxylic acids is 1. The molecule has 1 aliphatic heterocycles. The van der Waals surface area contributed by atoms with Gasteiger partial charge in [-0.05, 0) is 31.0 Å². The van der Waals surface area contributed by atoms with Gasteiger partial charge in [0, 0.05) is 41.9 Å². The van der Waals surface area contributed by atoms with E-state index >= 15 is 0 Å². The molecule has 2 aromatic rings. The molecule has 1 aromatic heterocycles. The lowest BCUT2D eigenvalue weighted by atomic mass is 9.76. The van der Waals surface area contributed by atoms with Crippen LogP contribution in [-0.4, -0.2) is 21.4 Å². The molecule has 1 unspecified atom stereocenters. The summed E-state index contributed by atoms with van der Waals surface area (Å²) in [5.41, 5.74) is 2.62. The molecule has 0 radical (unpaired) electrons. The number of aromatic nitrogens is 1. The van der Waals surface area contributed by atoms with Crippen LogP contribution in [0.2, 0.25) is 0 Å². The molecule has 146 valence electrons. The topological polar surface area (TPSA) is 109 Å². The number of hydrogen-bond acceptors (Lipinski definition) is 7. The van der Waals surface area contributed by atoms with Crippen LogP contribution in [0.1, 0.15) is 30.9 Å². The Labute approximate surface area is 172 Å². The molecule has 0 N–H and O–H groups in total. The van der Waals surface area contributed by atoms with Crippen molar-refractivity contribution in [3.05, 3.63) is 80.6 Å². The van der Waals surface area contributed by atoms with Gasteiger partial charge in [-0.3, -0.25) is 19.9 Å². The SMILES string of the molecule is CC(=O)C1C(C)=NC(SCc2cccc([N+](=O)[O-])c2)=C(C#N)[C@H]1c1cccnc1. The molecule has 2 heterocycles. The summed E-state index contributed by atoms with van der Waals surface area (Å²) >= 11 is 1.33. The fourth-order valence-corrected chi connectivity index (χ4v) is 4.44. The Kier molecular flexibility index (Phi) is 6.20. The van der Waals surface area contributed by atoms with E-state index in [-0.39, 0.29) is 11.5 Å². The van der Waals surface area contributed by atoms with Gasteiger partial charge in [-0.25, -0.2) is 4.99 Å². The number of allylic oxidation sites excluding steroid dienone is 1. The van der Waals surface area contributed by atoms with E-state index in [2.05, 4.69) is 16.0 Å². The summed E-state index contributed by atoms with van der Waals surface area (Å²) in [6, 6.07) is 12.2. The van der Waals surface area contributed by atoms with Crippen molar-refractivity contribution in [2.24, 2.45) is 10.9 Å². The number of benzene rings is 1. The number of non-ortho nitro benzene ring substituents is 1. The van der Waals surface area contributed by atoms with Crippen LogP contribution in [0.25, 0.3) is 0 Å². The number of nitro benzene ring substituents is 1. The monoisotopic (exact) mass is 406 g/mol. The zero-order valence-corrected chi connectivity index (χ0v) is 16.7. The highest BCUT2D eigenvalue weighted by atomic mass is 32.2. The van der Waals surface area contributed by atoms with Crippen LogP contribution in [0, 0.1) is 27.4 Å². The highest BCUT2D eigenvalue weighted by Gasteiger charge is 2.37. The van der Waals surface area contributed by atoms with E-state index < -0.39 is 16.8 Å². The number of nitro groups is 1. The van der Waals surface area contributed by atoms with Gasteiger partial charge in [0.2, 0.25) is 0 Å². The molecule has 0 aliphatic carbocycles. The maximum Gasteiger partial charge on any atom is 0.269 e. The third-order valence-electron chi connectivity index (χ3n) is 4.70. The first-order chi connectivity index (χ1) is 13.9. The van der Waals surface area contributed by atoms with E-state index in [9.17, 15) is 20.2 Å². The van der Waals surface area contributed by atoms with E-state index in [1.807, 2.05) is 6.07 Å². The normalized spacial score (nSPS) is 18.7. The van der Waals surface area contributed by atoms with Crippen molar-refractivity contribution in [1.29, 1.82) is 5.26 Å². The Balaban J connectivity index is 1.98. The van der Waals surface area contributed by atoms with E-state index in [1.165, 1.54) is 30.8 Å². The number of aliphatic imine (C=N–C) groups is 1. The molecule has 2 atom stereocenters. The van der Waals surface area contributed by atoms with E-state index in [0.29, 0.717) is 22.1 Å². The van der Waals surface area contributed by atoms with Crippen LogP contribution in [0.15, 0.2) is 64.4 Å². The Morgan fingerprint density at radius 1 is 1.34 bits per heavy atom. The molecule has 1 aromatic carbocycles. The van der Waals surface area contributed by atoms with Gasteiger partial charge in [0.1, 0.15) is 10.8 Å². The second kappa shape index (κ2) is 8.80. The summed E-state index contributed by atoms with van der Waals surface area (Å²) < 4.78 is 0. The Bertz CT molecular complexity index is 1060. The summed E-state index contributed by atoms with van der Waals surface area (Å²) in [7, 11) is 0. The average Bonchev–Trinajstić information content (AvgIpc) is 2.72. The minimum absolute atomic E-state index is 0.0193. The lowest BCUT2D eigenvalue weighted by Gasteiger charge is -2.29. The molecule has 3 rings (SSSR count). The Hall–Kier alpha value is -3.31. The third kappa shape index (κ3) is 4.41. The van der Waals surface area contributed by atoms with Gasteiger partial charge in [-0.15, -0.1) is 11.8 Å². The lowest BCUT2D eigenvalue weighted by Crippen LogP contribution is -2.31. The molecule has 7 nitrogen and oxygen atoms in total. The molecular weight excluding hydrogens is 388 g/mol. The molecule has 0 bridgehead atoms. The van der Waals surface area contributed by atoms with Gasteiger partial charge < -0.3 is 0 Å². The first-order valence-electron chi connectivity index (χ1n) is 8.88. The highest BCUT2D eigenvalue weighted by Crippen LogP contribution is 2.42. The minimum atomic E-state index is -0.518. The van der Waals surface area contributed by atoms with Gasteiger partial charge in [-0.2, -0.15) is 5.26 Å². The number of rotatable bonds is 6. The van der Waals surface area contributed by atoms with Crippen molar-refractivity contribution < 1.29 is 9.72 Å². The summed E-state index contributed by atoms with van der Waals surface area (Å²) in [6.45, 7) is 3.29. The zero-order chi connectivity index (χ0) is 21.0. The number of thioether (sulfide) groups is 1. The summed E-state index contributed by atoms with van der Waals surface area (Å²) in [5, 5.41) is 21.4. The number of pyridine rings is 1. The maximum absolute atomic E-state index is 12.3. The molecule has 0 saturated heterocycles. The van der Waals surface area contributed by atoms with Crippen LogP contribution in [0.5, 0.6) is 0 Å². The molecule has 29 heavy (non-hydrogen) atoms. The number of nitrogens with zero attached hydrogens (tertiary/aromatic N) is 4. The molecule has 8 heteroatoms. The van der Waals surface area contributed by atoms with Crippen LogP contribution in [0.4, 0.5) is 5.69 Å². The van der Waals surface area contributed by atoms with Gasteiger partial charge >= 0.3 is 0 Å². The number of Topliss-reactive ketones (excluding diaryl/α,β-unsaturated/α-hetero) is 1. The number of carbonyl (C=O) groups is 1. The summed E-state index contributed by atoms with van der Waals surface area (Å²) in [5.74, 6) is -0.605. The average molecular weight is 406 g/mol. The van der Waals surface area contributed by atoms with Gasteiger partial charge in [-0.1, -0.05) is 18.2 Å². The quantitative estimate of drug-likeness (QED) is 0.519.